The summed E-state index contributed by atoms with van der Waals surface area (Å²) >= 11 is 0. The van der Waals surface area contributed by atoms with Gasteiger partial charge in [0.1, 0.15) is 6.61 Å². The normalized spacial score (nSPS) is 11.4. The summed E-state index contributed by atoms with van der Waals surface area (Å²) in [7, 11) is 1.63. The molecule has 184 valence electrons. The number of methoxy groups -OCH3 is 1. The minimum absolute atomic E-state index is 0.146. The van der Waals surface area contributed by atoms with Crippen molar-refractivity contribution in [2.75, 3.05) is 12.4 Å². The highest BCUT2D eigenvalue weighted by atomic mass is 16.5. The maximum Gasteiger partial charge on any atom is 0.322 e. The fourth-order valence-corrected chi connectivity index (χ4v) is 4.08. The van der Waals surface area contributed by atoms with E-state index in [1.807, 2.05) is 122 Å². The molecule has 4 aromatic rings. The van der Waals surface area contributed by atoms with Crippen LogP contribution in [0.5, 0.6) is 11.5 Å². The zero-order valence-corrected chi connectivity index (χ0v) is 21.0. The Morgan fingerprint density at radius 1 is 0.833 bits per heavy atom. The summed E-state index contributed by atoms with van der Waals surface area (Å²) in [4.78, 5) is 15.4. The third kappa shape index (κ3) is 6.45. The number of carbonyl (C=O) groups excluding carboxylic acids is 1. The summed E-state index contributed by atoms with van der Waals surface area (Å²) in [6, 6.07) is 33.4. The molecule has 5 nitrogen and oxygen atoms in total. The van der Waals surface area contributed by atoms with Crippen LogP contribution in [0.25, 0.3) is 0 Å². The first-order valence-electron chi connectivity index (χ1n) is 12.1. The van der Waals surface area contributed by atoms with Gasteiger partial charge in [-0.2, -0.15) is 0 Å². The molecule has 0 aliphatic heterocycles. The minimum atomic E-state index is -0.167. The van der Waals surface area contributed by atoms with Crippen molar-refractivity contribution in [3.8, 4) is 11.5 Å². The van der Waals surface area contributed by atoms with E-state index in [1.54, 1.807) is 7.11 Å². The van der Waals surface area contributed by atoms with Crippen LogP contribution in [-0.2, 0) is 13.2 Å². The molecule has 1 N–H and O–H groups in total. The standard InChI is InChI=1S/C31H32N2O3/c1-23-11-10-16-28(19-23)32-31(34)33(24(2)27-14-8-5-9-15-27)21-26-17-18-29(35-3)30(20-26)36-22-25-12-6-4-7-13-25/h4-20,24H,21-22H2,1-3H3,(H,32,34). The van der Waals surface area contributed by atoms with Gasteiger partial charge < -0.3 is 19.7 Å². The second kappa shape index (κ2) is 11.9. The molecule has 0 saturated heterocycles. The summed E-state index contributed by atoms with van der Waals surface area (Å²) in [6.45, 7) is 4.88. The van der Waals surface area contributed by atoms with Crippen molar-refractivity contribution >= 4 is 11.7 Å². The van der Waals surface area contributed by atoms with Gasteiger partial charge in [0.2, 0.25) is 0 Å². The Balaban J connectivity index is 1.59. The second-order valence-corrected chi connectivity index (χ2v) is 8.77. The quantitative estimate of drug-likeness (QED) is 0.272. The van der Waals surface area contributed by atoms with Crippen LogP contribution < -0.4 is 14.8 Å². The van der Waals surface area contributed by atoms with Crippen molar-refractivity contribution < 1.29 is 14.3 Å². The van der Waals surface area contributed by atoms with Crippen LogP contribution in [0.3, 0.4) is 0 Å². The predicted octanol–water partition coefficient (Wildman–Crippen LogP) is 7.38. The average Bonchev–Trinajstić information content (AvgIpc) is 2.91. The SMILES string of the molecule is COc1ccc(CN(C(=O)Nc2cccc(C)c2)C(C)c2ccccc2)cc1OCc1ccccc1. The van der Waals surface area contributed by atoms with Gasteiger partial charge in [0.15, 0.2) is 11.5 Å². The first-order valence-corrected chi connectivity index (χ1v) is 12.1. The van der Waals surface area contributed by atoms with E-state index in [4.69, 9.17) is 9.47 Å². The van der Waals surface area contributed by atoms with Crippen molar-refractivity contribution in [2.24, 2.45) is 0 Å². The lowest BCUT2D eigenvalue weighted by molar-refractivity contribution is 0.189. The Bertz CT molecular complexity index is 1280. The maximum absolute atomic E-state index is 13.5. The fourth-order valence-electron chi connectivity index (χ4n) is 4.08. The lowest BCUT2D eigenvalue weighted by Gasteiger charge is -2.30. The molecule has 0 aromatic heterocycles. The number of ether oxygens (including phenoxy) is 2. The van der Waals surface area contributed by atoms with Crippen LogP contribution >= 0.6 is 0 Å². The van der Waals surface area contributed by atoms with Crippen LogP contribution in [-0.4, -0.2) is 18.0 Å². The van der Waals surface area contributed by atoms with Crippen LogP contribution in [0.15, 0.2) is 103 Å². The fraction of sp³-hybridized carbons (Fsp3) is 0.194. The highest BCUT2D eigenvalue weighted by molar-refractivity contribution is 5.89. The zero-order valence-electron chi connectivity index (χ0n) is 21.0. The molecule has 5 heteroatoms. The van der Waals surface area contributed by atoms with E-state index in [9.17, 15) is 4.79 Å². The van der Waals surface area contributed by atoms with Crippen molar-refractivity contribution in [3.63, 3.8) is 0 Å². The van der Waals surface area contributed by atoms with E-state index >= 15 is 0 Å². The Morgan fingerprint density at radius 2 is 1.56 bits per heavy atom. The molecule has 1 atom stereocenters. The first kappa shape index (κ1) is 24.9. The lowest BCUT2D eigenvalue weighted by Crippen LogP contribution is -2.36. The molecule has 0 bridgehead atoms. The summed E-state index contributed by atoms with van der Waals surface area (Å²) in [5, 5.41) is 3.07. The largest absolute Gasteiger partial charge is 0.493 e. The van der Waals surface area contributed by atoms with Crippen LogP contribution in [0, 0.1) is 6.92 Å². The van der Waals surface area contributed by atoms with Gasteiger partial charge in [0, 0.05) is 12.2 Å². The lowest BCUT2D eigenvalue weighted by atomic mass is 10.1. The van der Waals surface area contributed by atoms with Crippen LogP contribution in [0.4, 0.5) is 10.5 Å². The highest BCUT2D eigenvalue weighted by Crippen LogP contribution is 2.31. The Kier molecular flexibility index (Phi) is 8.24. The summed E-state index contributed by atoms with van der Waals surface area (Å²) in [6.07, 6.45) is 0. The van der Waals surface area contributed by atoms with Gasteiger partial charge in [-0.3, -0.25) is 0 Å². The van der Waals surface area contributed by atoms with Crippen molar-refractivity contribution in [1.82, 2.24) is 4.90 Å². The molecule has 2 amide bonds. The molecular weight excluding hydrogens is 448 g/mol. The van der Waals surface area contributed by atoms with E-state index in [0.717, 1.165) is 27.9 Å². The van der Waals surface area contributed by atoms with Gasteiger partial charge in [-0.1, -0.05) is 78.9 Å². The third-order valence-electron chi connectivity index (χ3n) is 6.10. The molecule has 0 radical (unpaired) electrons. The van der Waals surface area contributed by atoms with E-state index in [0.29, 0.717) is 24.7 Å². The Morgan fingerprint density at radius 3 is 2.25 bits per heavy atom. The van der Waals surface area contributed by atoms with Gasteiger partial charge >= 0.3 is 6.03 Å². The summed E-state index contributed by atoms with van der Waals surface area (Å²) in [5.74, 6) is 1.30. The molecule has 36 heavy (non-hydrogen) atoms. The number of aryl methyl sites for hydroxylation is 1. The molecule has 0 fully saturated rings. The van der Waals surface area contributed by atoms with Gasteiger partial charge in [-0.05, 0) is 60.4 Å². The molecule has 4 rings (SSSR count). The molecule has 0 spiro atoms. The molecular formula is C31H32N2O3. The number of nitrogens with zero attached hydrogens (tertiary/aromatic N) is 1. The van der Waals surface area contributed by atoms with Crippen molar-refractivity contribution in [3.05, 3.63) is 125 Å². The van der Waals surface area contributed by atoms with E-state index < -0.39 is 0 Å². The van der Waals surface area contributed by atoms with Crippen LogP contribution in [0.1, 0.15) is 35.2 Å². The number of anilines is 1. The number of nitrogens with one attached hydrogen (secondary N) is 1. The van der Waals surface area contributed by atoms with E-state index in [2.05, 4.69) is 5.32 Å². The minimum Gasteiger partial charge on any atom is -0.493 e. The molecule has 0 aliphatic carbocycles. The van der Waals surface area contributed by atoms with Gasteiger partial charge in [-0.15, -0.1) is 0 Å². The number of benzene rings is 4. The summed E-state index contributed by atoms with van der Waals surface area (Å²) in [5.41, 5.74) is 4.94. The number of rotatable bonds is 9. The van der Waals surface area contributed by atoms with Crippen molar-refractivity contribution in [2.45, 2.75) is 33.0 Å². The first-order chi connectivity index (χ1) is 17.5. The summed E-state index contributed by atoms with van der Waals surface area (Å²) < 4.78 is 11.6. The number of carbonyl (C=O) groups is 1. The number of hydrogen-bond acceptors (Lipinski definition) is 3. The molecule has 0 heterocycles. The number of urea groups is 1. The molecule has 0 aliphatic rings. The monoisotopic (exact) mass is 480 g/mol. The predicted molar refractivity (Wildman–Crippen MR) is 144 cm³/mol. The van der Waals surface area contributed by atoms with Gasteiger partial charge in [0.25, 0.3) is 0 Å². The zero-order chi connectivity index (χ0) is 25.3. The van der Waals surface area contributed by atoms with Gasteiger partial charge in [0.05, 0.1) is 13.2 Å². The average molecular weight is 481 g/mol. The third-order valence-corrected chi connectivity index (χ3v) is 6.10. The highest BCUT2D eigenvalue weighted by Gasteiger charge is 2.23. The van der Waals surface area contributed by atoms with Gasteiger partial charge in [-0.25, -0.2) is 4.79 Å². The van der Waals surface area contributed by atoms with E-state index in [-0.39, 0.29) is 12.1 Å². The van der Waals surface area contributed by atoms with Crippen LogP contribution in [0.2, 0.25) is 0 Å². The topological polar surface area (TPSA) is 50.8 Å². The number of hydrogen-bond donors (Lipinski definition) is 1. The molecule has 0 saturated carbocycles. The van der Waals surface area contributed by atoms with E-state index in [1.165, 1.54) is 0 Å². The Hall–Kier alpha value is -4.25. The number of amides is 2. The Labute approximate surface area is 213 Å². The van der Waals surface area contributed by atoms with Crippen molar-refractivity contribution in [1.29, 1.82) is 0 Å². The molecule has 1 unspecified atom stereocenters. The smallest absolute Gasteiger partial charge is 0.322 e. The molecule has 4 aromatic carbocycles. The maximum atomic E-state index is 13.5. The second-order valence-electron chi connectivity index (χ2n) is 8.77.